The SMILES string of the molecule is C[C@@H](CS(=O)(=O)CCCOCN1CC(=O)NC1=O)c1ccccc1. The Morgan fingerprint density at radius 1 is 1.25 bits per heavy atom. The molecule has 1 fully saturated rings. The number of carbonyl (C=O) groups excluding carboxylic acids is 2. The van der Waals surface area contributed by atoms with Gasteiger partial charge in [0.05, 0.1) is 11.5 Å². The van der Waals surface area contributed by atoms with Crippen LogP contribution in [0.4, 0.5) is 4.79 Å². The Kier molecular flexibility index (Phi) is 6.33. The largest absolute Gasteiger partial charge is 0.361 e. The predicted molar refractivity (Wildman–Crippen MR) is 89.2 cm³/mol. The molecule has 1 N–H and O–H groups in total. The quantitative estimate of drug-likeness (QED) is 0.530. The standard InChI is InChI=1S/C16H22N2O5S/c1-13(14-6-3-2-4-7-14)11-24(21,22)9-5-8-23-12-18-10-15(19)17-16(18)20/h2-4,6-7,13H,5,8-12H2,1H3,(H,17,19,20)/t13-/m0/s1. The normalized spacial score (nSPS) is 16.3. The highest BCUT2D eigenvalue weighted by Gasteiger charge is 2.26. The van der Waals surface area contributed by atoms with Gasteiger partial charge in [-0.15, -0.1) is 0 Å². The maximum absolute atomic E-state index is 12.2. The second kappa shape index (κ2) is 8.25. The first kappa shape index (κ1) is 18.4. The van der Waals surface area contributed by atoms with Gasteiger partial charge in [0.15, 0.2) is 9.84 Å². The van der Waals surface area contributed by atoms with Crippen LogP contribution in [0.3, 0.4) is 0 Å². The zero-order valence-electron chi connectivity index (χ0n) is 13.6. The zero-order valence-corrected chi connectivity index (χ0v) is 14.4. The highest BCUT2D eigenvalue weighted by Crippen LogP contribution is 2.17. The number of carbonyl (C=O) groups is 2. The number of imide groups is 1. The number of hydrogen-bond acceptors (Lipinski definition) is 5. The number of amides is 3. The van der Waals surface area contributed by atoms with Gasteiger partial charge in [0.25, 0.3) is 0 Å². The molecule has 1 aliphatic rings. The molecule has 0 unspecified atom stereocenters. The molecule has 2 rings (SSSR count). The van der Waals surface area contributed by atoms with Crippen LogP contribution in [0.2, 0.25) is 0 Å². The third-order valence-corrected chi connectivity index (χ3v) is 5.65. The first-order chi connectivity index (χ1) is 11.4. The molecular formula is C16H22N2O5S. The molecule has 1 atom stereocenters. The van der Waals surface area contributed by atoms with Crippen molar-refractivity contribution in [2.24, 2.45) is 0 Å². The highest BCUT2D eigenvalue weighted by atomic mass is 32.2. The summed E-state index contributed by atoms with van der Waals surface area (Å²) in [5, 5.41) is 2.14. The lowest BCUT2D eigenvalue weighted by Crippen LogP contribution is -2.30. The van der Waals surface area contributed by atoms with Gasteiger partial charge in [0.1, 0.15) is 13.3 Å². The summed E-state index contributed by atoms with van der Waals surface area (Å²) >= 11 is 0. The van der Waals surface area contributed by atoms with E-state index < -0.39 is 15.9 Å². The second-order valence-corrected chi connectivity index (χ2v) is 8.10. The maximum Gasteiger partial charge on any atom is 0.326 e. The summed E-state index contributed by atoms with van der Waals surface area (Å²) in [7, 11) is -3.18. The fraction of sp³-hybridized carbons (Fsp3) is 0.500. The fourth-order valence-electron chi connectivity index (χ4n) is 2.48. The Morgan fingerprint density at radius 3 is 2.58 bits per heavy atom. The predicted octanol–water partition coefficient (Wildman–Crippen LogP) is 1.12. The van der Waals surface area contributed by atoms with Gasteiger partial charge in [-0.3, -0.25) is 15.0 Å². The molecule has 3 amide bonds. The maximum atomic E-state index is 12.2. The van der Waals surface area contributed by atoms with Gasteiger partial charge >= 0.3 is 6.03 Å². The lowest BCUT2D eigenvalue weighted by atomic mass is 10.0. The fourth-order valence-corrected chi connectivity index (χ4v) is 4.16. The van der Waals surface area contributed by atoms with Crippen molar-refractivity contribution in [1.29, 1.82) is 0 Å². The summed E-state index contributed by atoms with van der Waals surface area (Å²) < 4.78 is 29.6. The van der Waals surface area contributed by atoms with Gasteiger partial charge in [0, 0.05) is 6.61 Å². The average molecular weight is 354 g/mol. The third kappa shape index (κ3) is 5.61. The molecule has 132 valence electrons. The minimum Gasteiger partial charge on any atom is -0.361 e. The van der Waals surface area contributed by atoms with Crippen molar-refractivity contribution >= 4 is 21.8 Å². The van der Waals surface area contributed by atoms with Gasteiger partial charge in [-0.1, -0.05) is 37.3 Å². The van der Waals surface area contributed by atoms with E-state index in [9.17, 15) is 18.0 Å². The molecule has 1 aromatic rings. The van der Waals surface area contributed by atoms with E-state index in [4.69, 9.17) is 4.74 Å². The van der Waals surface area contributed by atoms with E-state index >= 15 is 0 Å². The molecule has 8 heteroatoms. The molecule has 1 saturated heterocycles. The Bertz CT molecular complexity index is 675. The average Bonchev–Trinajstić information content (AvgIpc) is 2.85. The molecule has 1 aromatic carbocycles. The van der Waals surface area contributed by atoms with E-state index in [0.29, 0.717) is 6.42 Å². The van der Waals surface area contributed by atoms with Crippen molar-refractivity contribution in [3.63, 3.8) is 0 Å². The van der Waals surface area contributed by atoms with Crippen LogP contribution in [-0.4, -0.2) is 56.6 Å². The van der Waals surface area contributed by atoms with Crippen molar-refractivity contribution in [2.75, 3.05) is 31.4 Å². The van der Waals surface area contributed by atoms with Crippen LogP contribution in [-0.2, 0) is 19.4 Å². The van der Waals surface area contributed by atoms with Crippen LogP contribution < -0.4 is 5.32 Å². The minimum absolute atomic E-state index is 0.0158. The van der Waals surface area contributed by atoms with E-state index in [1.165, 1.54) is 4.90 Å². The number of urea groups is 1. The van der Waals surface area contributed by atoms with Gasteiger partial charge in [-0.25, -0.2) is 13.2 Å². The van der Waals surface area contributed by atoms with Crippen LogP contribution in [0.25, 0.3) is 0 Å². The molecule has 0 spiro atoms. The van der Waals surface area contributed by atoms with E-state index in [1.54, 1.807) is 0 Å². The lowest BCUT2D eigenvalue weighted by Gasteiger charge is -2.14. The second-order valence-electron chi connectivity index (χ2n) is 5.87. The van der Waals surface area contributed by atoms with E-state index in [0.717, 1.165) is 5.56 Å². The summed E-state index contributed by atoms with van der Waals surface area (Å²) in [6, 6.07) is 9.05. The number of nitrogens with zero attached hydrogens (tertiary/aromatic N) is 1. The van der Waals surface area contributed by atoms with Crippen molar-refractivity contribution in [3.05, 3.63) is 35.9 Å². The van der Waals surface area contributed by atoms with Crippen molar-refractivity contribution in [2.45, 2.75) is 19.3 Å². The van der Waals surface area contributed by atoms with Crippen molar-refractivity contribution < 1.29 is 22.7 Å². The zero-order chi connectivity index (χ0) is 17.6. The summed E-state index contributed by atoms with van der Waals surface area (Å²) in [6.45, 7) is 2.08. The van der Waals surface area contributed by atoms with E-state index in [-0.39, 0.29) is 43.2 Å². The molecule has 24 heavy (non-hydrogen) atoms. The number of rotatable bonds is 9. The summed E-state index contributed by atoms with van der Waals surface area (Å²) in [5.74, 6) is -0.285. The summed E-state index contributed by atoms with van der Waals surface area (Å²) in [5.41, 5.74) is 1.00. The highest BCUT2D eigenvalue weighted by molar-refractivity contribution is 7.91. The Labute approximate surface area is 141 Å². The number of ether oxygens (including phenoxy) is 1. The topological polar surface area (TPSA) is 92.8 Å². The van der Waals surface area contributed by atoms with Crippen LogP contribution in [0.15, 0.2) is 30.3 Å². The minimum atomic E-state index is -3.18. The number of sulfone groups is 1. The van der Waals surface area contributed by atoms with Gasteiger partial charge in [-0.05, 0) is 17.9 Å². The smallest absolute Gasteiger partial charge is 0.326 e. The van der Waals surface area contributed by atoms with Crippen molar-refractivity contribution in [3.8, 4) is 0 Å². The molecule has 0 radical (unpaired) electrons. The Hall–Kier alpha value is -1.93. The monoisotopic (exact) mass is 354 g/mol. The van der Waals surface area contributed by atoms with Gasteiger partial charge in [0.2, 0.25) is 5.91 Å². The van der Waals surface area contributed by atoms with Crippen LogP contribution in [0, 0.1) is 0 Å². The summed E-state index contributed by atoms with van der Waals surface area (Å²) in [6.07, 6.45) is 0.354. The molecule has 0 saturated carbocycles. The molecule has 0 aliphatic carbocycles. The van der Waals surface area contributed by atoms with Crippen molar-refractivity contribution in [1.82, 2.24) is 10.2 Å². The van der Waals surface area contributed by atoms with E-state index in [2.05, 4.69) is 5.32 Å². The van der Waals surface area contributed by atoms with Crippen LogP contribution in [0.1, 0.15) is 24.8 Å². The van der Waals surface area contributed by atoms with Gasteiger partial charge < -0.3 is 4.74 Å². The van der Waals surface area contributed by atoms with Crippen LogP contribution in [0.5, 0.6) is 0 Å². The third-order valence-electron chi connectivity index (χ3n) is 3.73. The molecule has 7 nitrogen and oxygen atoms in total. The molecule has 1 aliphatic heterocycles. The Balaban J connectivity index is 1.67. The number of benzene rings is 1. The molecular weight excluding hydrogens is 332 g/mol. The molecule has 1 heterocycles. The number of hydrogen-bond donors (Lipinski definition) is 1. The lowest BCUT2D eigenvalue weighted by molar-refractivity contribution is -0.118. The number of nitrogens with one attached hydrogen (secondary N) is 1. The molecule has 0 aromatic heterocycles. The van der Waals surface area contributed by atoms with Gasteiger partial charge in [-0.2, -0.15) is 0 Å². The van der Waals surface area contributed by atoms with Crippen LogP contribution >= 0.6 is 0 Å². The van der Waals surface area contributed by atoms with E-state index in [1.807, 2.05) is 37.3 Å². The Morgan fingerprint density at radius 2 is 1.96 bits per heavy atom. The first-order valence-electron chi connectivity index (χ1n) is 7.79. The first-order valence-corrected chi connectivity index (χ1v) is 9.61. The molecule has 0 bridgehead atoms. The summed E-state index contributed by atoms with van der Waals surface area (Å²) in [4.78, 5) is 23.5.